The fourth-order valence-corrected chi connectivity index (χ4v) is 2.89. The molecule has 29 heavy (non-hydrogen) atoms. The molecule has 1 aromatic heterocycles. The zero-order valence-corrected chi connectivity index (χ0v) is 16.5. The van der Waals surface area contributed by atoms with Gasteiger partial charge >= 0.3 is 6.09 Å². The van der Waals surface area contributed by atoms with Crippen LogP contribution in [0.1, 0.15) is 29.9 Å². The molecule has 0 bridgehead atoms. The first-order chi connectivity index (χ1) is 13.9. The third kappa shape index (κ3) is 4.63. The Morgan fingerprint density at radius 2 is 1.76 bits per heavy atom. The van der Waals surface area contributed by atoms with Gasteiger partial charge in [0.2, 0.25) is 0 Å². The molecule has 7 heteroatoms. The van der Waals surface area contributed by atoms with Gasteiger partial charge in [-0.25, -0.2) is 9.48 Å². The Balaban J connectivity index is 2.01. The van der Waals surface area contributed by atoms with E-state index in [1.807, 2.05) is 62.4 Å². The van der Waals surface area contributed by atoms with Gasteiger partial charge in [0, 0.05) is 18.0 Å². The molecular formula is C22H23N3O4. The van der Waals surface area contributed by atoms with Crippen molar-refractivity contribution in [1.29, 1.82) is 0 Å². The van der Waals surface area contributed by atoms with Crippen LogP contribution in [0.3, 0.4) is 0 Å². The number of hydrogen-bond acceptors (Lipinski definition) is 4. The number of carbonyl (C=O) groups excluding carboxylic acids is 1. The molecule has 0 aliphatic heterocycles. The average Bonchev–Trinajstić information content (AvgIpc) is 3.17. The van der Waals surface area contributed by atoms with Crippen molar-refractivity contribution in [2.45, 2.75) is 20.4 Å². The first-order valence-electron chi connectivity index (χ1n) is 9.24. The summed E-state index contributed by atoms with van der Waals surface area (Å²) in [5, 5.41) is 15.6. The zero-order chi connectivity index (χ0) is 21.0. The second-order valence-corrected chi connectivity index (χ2v) is 6.90. The van der Waals surface area contributed by atoms with Gasteiger partial charge < -0.3 is 15.2 Å². The molecule has 0 saturated carbocycles. The molecule has 0 unspecified atom stereocenters. The minimum absolute atomic E-state index is 0.0270. The lowest BCUT2D eigenvalue weighted by Gasteiger charge is -2.09. The summed E-state index contributed by atoms with van der Waals surface area (Å²) in [4.78, 5) is 23.2. The second-order valence-electron chi connectivity index (χ2n) is 6.90. The van der Waals surface area contributed by atoms with Crippen molar-refractivity contribution in [1.82, 2.24) is 15.1 Å². The Morgan fingerprint density at radius 1 is 1.10 bits per heavy atom. The molecule has 0 spiro atoms. The molecule has 1 heterocycles. The number of amides is 1. The van der Waals surface area contributed by atoms with Crippen molar-refractivity contribution in [2.75, 3.05) is 7.11 Å². The number of carboxylic acid groups (broad SMARTS) is 1. The Morgan fingerprint density at radius 3 is 2.31 bits per heavy atom. The van der Waals surface area contributed by atoms with Crippen molar-refractivity contribution in [2.24, 2.45) is 5.92 Å². The number of hydrogen-bond donors (Lipinski definition) is 2. The number of aromatic nitrogens is 2. The van der Waals surface area contributed by atoms with Crippen LogP contribution >= 0.6 is 0 Å². The lowest BCUT2D eigenvalue weighted by Crippen LogP contribution is -2.19. The Bertz CT molecular complexity index is 1010. The van der Waals surface area contributed by atoms with Gasteiger partial charge in [-0.1, -0.05) is 38.1 Å². The van der Waals surface area contributed by atoms with E-state index in [4.69, 9.17) is 9.84 Å². The van der Waals surface area contributed by atoms with E-state index in [0.29, 0.717) is 5.69 Å². The van der Waals surface area contributed by atoms with Gasteiger partial charge in [-0.15, -0.1) is 0 Å². The van der Waals surface area contributed by atoms with Crippen molar-refractivity contribution in [3.05, 3.63) is 65.9 Å². The van der Waals surface area contributed by atoms with Crippen LogP contribution in [-0.4, -0.2) is 33.9 Å². The number of ether oxygens (including phenoxy) is 1. The molecule has 0 atom stereocenters. The van der Waals surface area contributed by atoms with Gasteiger partial charge in [-0.2, -0.15) is 5.10 Å². The molecule has 150 valence electrons. The quantitative estimate of drug-likeness (QED) is 0.588. The van der Waals surface area contributed by atoms with Crippen molar-refractivity contribution in [3.8, 4) is 22.7 Å². The van der Waals surface area contributed by atoms with Crippen LogP contribution < -0.4 is 10.1 Å². The topological polar surface area (TPSA) is 93.5 Å². The second kappa shape index (κ2) is 8.60. The predicted octanol–water partition coefficient (Wildman–Crippen LogP) is 4.15. The van der Waals surface area contributed by atoms with Gasteiger partial charge in [0.1, 0.15) is 11.4 Å². The van der Waals surface area contributed by atoms with Crippen LogP contribution in [0.15, 0.2) is 54.6 Å². The van der Waals surface area contributed by atoms with Crippen LogP contribution in [0.4, 0.5) is 4.79 Å². The molecule has 0 fully saturated rings. The van der Waals surface area contributed by atoms with E-state index in [1.54, 1.807) is 17.9 Å². The minimum atomic E-state index is -1.07. The van der Waals surface area contributed by atoms with Crippen LogP contribution in [0.2, 0.25) is 0 Å². The van der Waals surface area contributed by atoms with E-state index in [0.717, 1.165) is 28.3 Å². The number of benzene rings is 2. The monoisotopic (exact) mass is 393 g/mol. The highest BCUT2D eigenvalue weighted by Gasteiger charge is 2.19. The maximum atomic E-state index is 12.5. The number of carbonyl (C=O) groups is 2. The maximum Gasteiger partial charge on any atom is 0.404 e. The summed E-state index contributed by atoms with van der Waals surface area (Å²) in [6, 6.07) is 16.7. The van der Waals surface area contributed by atoms with E-state index in [2.05, 4.69) is 10.4 Å². The highest BCUT2D eigenvalue weighted by atomic mass is 16.5. The highest BCUT2D eigenvalue weighted by molar-refractivity contribution is 5.96. The maximum absolute atomic E-state index is 12.5. The first kappa shape index (κ1) is 20.1. The number of methoxy groups -OCH3 is 1. The summed E-state index contributed by atoms with van der Waals surface area (Å²) >= 11 is 0. The number of rotatable bonds is 7. The highest BCUT2D eigenvalue weighted by Crippen LogP contribution is 2.26. The summed E-state index contributed by atoms with van der Waals surface area (Å²) in [6.45, 7) is 3.92. The summed E-state index contributed by atoms with van der Waals surface area (Å²) < 4.78 is 6.95. The van der Waals surface area contributed by atoms with Gasteiger partial charge in [-0.3, -0.25) is 4.79 Å². The van der Waals surface area contributed by atoms with Gasteiger partial charge in [0.15, 0.2) is 5.78 Å². The van der Waals surface area contributed by atoms with E-state index in [9.17, 15) is 9.59 Å². The zero-order valence-electron chi connectivity index (χ0n) is 16.5. The van der Waals surface area contributed by atoms with Gasteiger partial charge in [0.25, 0.3) is 0 Å². The SMILES string of the molecule is COc1ccc(-n2nc(C(=O)C(C)C)cc2-c2ccc(CNC(=O)O)cc2)cc1. The lowest BCUT2D eigenvalue weighted by molar-refractivity contribution is 0.0934. The fourth-order valence-electron chi connectivity index (χ4n) is 2.89. The van der Waals surface area contributed by atoms with Crippen LogP contribution in [0.25, 0.3) is 16.9 Å². The standard InChI is InChI=1S/C22H23N3O4/c1-14(2)21(26)19-12-20(16-6-4-15(5-7-16)13-23-22(27)28)25(24-19)17-8-10-18(29-3)11-9-17/h4-12,14,23H,13H2,1-3H3,(H,27,28). The number of ketones is 1. The van der Waals surface area contributed by atoms with Crippen molar-refractivity contribution < 1.29 is 19.4 Å². The molecule has 2 N–H and O–H groups in total. The first-order valence-corrected chi connectivity index (χ1v) is 9.24. The molecule has 2 aromatic carbocycles. The van der Waals surface area contributed by atoms with Crippen LogP contribution in [0, 0.1) is 5.92 Å². The number of nitrogens with zero attached hydrogens (tertiary/aromatic N) is 2. The fraction of sp³-hybridized carbons (Fsp3) is 0.227. The largest absolute Gasteiger partial charge is 0.497 e. The van der Waals surface area contributed by atoms with E-state index in [-0.39, 0.29) is 18.2 Å². The Hall–Kier alpha value is -3.61. The van der Waals surface area contributed by atoms with E-state index < -0.39 is 6.09 Å². The molecular weight excluding hydrogens is 370 g/mol. The van der Waals surface area contributed by atoms with Gasteiger partial charge in [-0.05, 0) is 35.9 Å². The van der Waals surface area contributed by atoms with Crippen LogP contribution in [-0.2, 0) is 6.54 Å². The third-order valence-electron chi connectivity index (χ3n) is 4.50. The molecule has 3 aromatic rings. The lowest BCUT2D eigenvalue weighted by atomic mass is 10.0. The van der Waals surface area contributed by atoms with Crippen LogP contribution in [0.5, 0.6) is 5.75 Å². The van der Waals surface area contributed by atoms with E-state index >= 15 is 0 Å². The molecule has 0 radical (unpaired) electrons. The Kier molecular flexibility index (Phi) is 5.97. The summed E-state index contributed by atoms with van der Waals surface area (Å²) in [6.07, 6.45) is -1.07. The van der Waals surface area contributed by atoms with Gasteiger partial charge in [0.05, 0.1) is 18.5 Å². The molecule has 3 rings (SSSR count). The molecule has 7 nitrogen and oxygen atoms in total. The van der Waals surface area contributed by atoms with E-state index in [1.165, 1.54) is 0 Å². The predicted molar refractivity (Wildman–Crippen MR) is 110 cm³/mol. The van der Waals surface area contributed by atoms with Crippen molar-refractivity contribution in [3.63, 3.8) is 0 Å². The normalized spacial score (nSPS) is 10.8. The summed E-state index contributed by atoms with van der Waals surface area (Å²) in [5.41, 5.74) is 3.69. The average molecular weight is 393 g/mol. The summed E-state index contributed by atoms with van der Waals surface area (Å²) in [5.74, 6) is 0.545. The minimum Gasteiger partial charge on any atom is -0.497 e. The Labute approximate surface area is 168 Å². The van der Waals surface area contributed by atoms with Crippen molar-refractivity contribution >= 4 is 11.9 Å². The smallest absolute Gasteiger partial charge is 0.404 e. The molecule has 1 amide bonds. The summed E-state index contributed by atoms with van der Waals surface area (Å²) in [7, 11) is 1.61. The third-order valence-corrected chi connectivity index (χ3v) is 4.50. The molecule has 0 aliphatic rings. The molecule has 0 saturated heterocycles. The number of nitrogens with one attached hydrogen (secondary N) is 1. The number of Topliss-reactive ketones (excluding diaryl/α,β-unsaturated/α-hetero) is 1. The molecule has 0 aliphatic carbocycles.